The van der Waals surface area contributed by atoms with Gasteiger partial charge in [0.1, 0.15) is 5.82 Å². The molecule has 2 heterocycles. The maximum Gasteiger partial charge on any atom is 0.254 e. The van der Waals surface area contributed by atoms with Crippen molar-refractivity contribution in [1.82, 2.24) is 14.9 Å². The first-order valence-corrected chi connectivity index (χ1v) is 9.81. The van der Waals surface area contributed by atoms with Crippen molar-refractivity contribution in [2.75, 3.05) is 13.1 Å². The fourth-order valence-corrected chi connectivity index (χ4v) is 2.93. The summed E-state index contributed by atoms with van der Waals surface area (Å²) in [6, 6.07) is 5.64. The van der Waals surface area contributed by atoms with Crippen LogP contribution in [0.1, 0.15) is 46.2 Å². The fraction of sp³-hybridized carbons (Fsp3) is 0.409. The lowest BCUT2D eigenvalue weighted by atomic mass is 10.1. The molecule has 1 aliphatic heterocycles. The van der Waals surface area contributed by atoms with Crippen molar-refractivity contribution >= 4 is 11.6 Å². The molecule has 0 spiro atoms. The Morgan fingerprint density at radius 3 is 2.68 bits per heavy atom. The van der Waals surface area contributed by atoms with Crippen LogP contribution in [0.3, 0.4) is 0 Å². The Kier molecular flexibility index (Phi) is 7.55. The van der Waals surface area contributed by atoms with E-state index in [1.54, 1.807) is 23.4 Å². The molecule has 2 rings (SSSR count). The normalized spacial score (nSPS) is 15.8. The van der Waals surface area contributed by atoms with E-state index in [0.29, 0.717) is 28.7 Å². The molecule has 6 heteroatoms. The van der Waals surface area contributed by atoms with Crippen molar-refractivity contribution in [2.24, 2.45) is 16.8 Å². The van der Waals surface area contributed by atoms with Crippen LogP contribution in [-0.2, 0) is 4.79 Å². The van der Waals surface area contributed by atoms with Crippen LogP contribution in [0.15, 0.2) is 65.3 Å². The van der Waals surface area contributed by atoms with Gasteiger partial charge in [-0.25, -0.2) is 5.01 Å². The summed E-state index contributed by atoms with van der Waals surface area (Å²) in [5.74, 6) is 0.800. The highest BCUT2D eigenvalue weighted by Crippen LogP contribution is 2.22. The number of nitrogens with zero attached hydrogens (tertiary/aromatic N) is 4. The molecule has 6 nitrogen and oxygen atoms in total. The molecule has 1 amide bonds. The highest BCUT2D eigenvalue weighted by Gasteiger charge is 2.23. The Labute approximate surface area is 168 Å². The van der Waals surface area contributed by atoms with E-state index in [2.05, 4.69) is 37.4 Å². The lowest BCUT2D eigenvalue weighted by molar-refractivity contribution is -0.127. The summed E-state index contributed by atoms with van der Waals surface area (Å²) in [7, 11) is 0. The van der Waals surface area contributed by atoms with Crippen LogP contribution in [0, 0.1) is 5.92 Å². The topological polar surface area (TPSA) is 74.8 Å². The number of aromatic nitrogens is 1. The summed E-state index contributed by atoms with van der Waals surface area (Å²) in [5.41, 5.74) is 8.78. The zero-order valence-corrected chi connectivity index (χ0v) is 17.4. The molecule has 1 unspecified atom stereocenters. The van der Waals surface area contributed by atoms with Gasteiger partial charge in [0.05, 0.1) is 17.1 Å². The Morgan fingerprint density at radius 1 is 1.36 bits per heavy atom. The lowest BCUT2D eigenvalue weighted by Crippen LogP contribution is -2.37. The Morgan fingerprint density at radius 2 is 2.11 bits per heavy atom. The van der Waals surface area contributed by atoms with Gasteiger partial charge >= 0.3 is 0 Å². The molecular weight excluding hydrogens is 350 g/mol. The zero-order chi connectivity index (χ0) is 20.7. The first-order chi connectivity index (χ1) is 13.4. The van der Waals surface area contributed by atoms with E-state index in [4.69, 9.17) is 5.73 Å². The molecular formula is C22H31N5O. The van der Waals surface area contributed by atoms with Crippen molar-refractivity contribution < 1.29 is 4.79 Å². The molecule has 1 atom stereocenters. The third-order valence-corrected chi connectivity index (χ3v) is 4.68. The number of hydrogen-bond donors (Lipinski definition) is 1. The van der Waals surface area contributed by atoms with Gasteiger partial charge in [0.15, 0.2) is 0 Å². The molecule has 0 aromatic carbocycles. The van der Waals surface area contributed by atoms with E-state index < -0.39 is 0 Å². The molecule has 150 valence electrons. The van der Waals surface area contributed by atoms with Crippen LogP contribution in [-0.4, -0.2) is 39.6 Å². The second kappa shape index (κ2) is 9.88. The quantitative estimate of drug-likeness (QED) is 0.698. The number of nitrogens with two attached hydrogens (primary N) is 1. The first-order valence-electron chi connectivity index (χ1n) is 9.81. The van der Waals surface area contributed by atoms with E-state index >= 15 is 0 Å². The maximum atomic E-state index is 13.0. The van der Waals surface area contributed by atoms with E-state index in [1.165, 1.54) is 0 Å². The molecule has 0 bridgehead atoms. The minimum absolute atomic E-state index is 0.0173. The van der Waals surface area contributed by atoms with Gasteiger partial charge in [0.2, 0.25) is 0 Å². The number of pyridine rings is 1. The number of carbonyl (C=O) groups excluding carboxylic acids is 1. The monoisotopic (exact) mass is 381 g/mol. The van der Waals surface area contributed by atoms with Gasteiger partial charge in [-0.3, -0.25) is 9.78 Å². The third kappa shape index (κ3) is 5.31. The van der Waals surface area contributed by atoms with Crippen molar-refractivity contribution in [3.05, 3.63) is 65.9 Å². The molecule has 0 aliphatic carbocycles. The van der Waals surface area contributed by atoms with Gasteiger partial charge in [-0.2, -0.15) is 5.10 Å². The number of rotatable bonds is 8. The first kappa shape index (κ1) is 21.4. The average Bonchev–Trinajstić information content (AvgIpc) is 2.70. The molecule has 2 N–H and O–H groups in total. The molecule has 28 heavy (non-hydrogen) atoms. The zero-order valence-electron chi connectivity index (χ0n) is 17.4. The summed E-state index contributed by atoms with van der Waals surface area (Å²) in [6.45, 7) is 13.7. The number of allylic oxidation sites excluding steroid dienone is 1. The van der Waals surface area contributed by atoms with Gasteiger partial charge in [-0.1, -0.05) is 39.8 Å². The van der Waals surface area contributed by atoms with E-state index in [1.807, 2.05) is 30.0 Å². The summed E-state index contributed by atoms with van der Waals surface area (Å²) in [6.07, 6.45) is 7.08. The predicted octanol–water partition coefficient (Wildman–Crippen LogP) is 3.65. The molecule has 0 fully saturated rings. The van der Waals surface area contributed by atoms with Crippen LogP contribution in [0.25, 0.3) is 0 Å². The highest BCUT2D eigenvalue weighted by atomic mass is 16.2. The summed E-state index contributed by atoms with van der Waals surface area (Å²) < 4.78 is 0. The molecule has 1 aromatic rings. The van der Waals surface area contributed by atoms with Gasteiger partial charge in [0.25, 0.3) is 5.91 Å². The van der Waals surface area contributed by atoms with E-state index in [-0.39, 0.29) is 5.91 Å². The summed E-state index contributed by atoms with van der Waals surface area (Å²) in [5, 5.41) is 6.07. The Hall–Kier alpha value is -2.89. The third-order valence-electron chi connectivity index (χ3n) is 4.68. The molecule has 0 radical (unpaired) electrons. The van der Waals surface area contributed by atoms with Crippen LogP contribution < -0.4 is 5.73 Å². The maximum absolute atomic E-state index is 13.0. The largest absolute Gasteiger partial charge is 0.384 e. The predicted molar refractivity (Wildman–Crippen MR) is 114 cm³/mol. The summed E-state index contributed by atoms with van der Waals surface area (Å²) >= 11 is 0. The van der Waals surface area contributed by atoms with Gasteiger partial charge in [0, 0.05) is 24.9 Å². The van der Waals surface area contributed by atoms with Gasteiger partial charge in [-0.15, -0.1) is 0 Å². The van der Waals surface area contributed by atoms with Crippen LogP contribution in [0.2, 0.25) is 0 Å². The minimum Gasteiger partial charge on any atom is -0.384 e. The number of amides is 1. The SMILES string of the molecule is C=C1C=C(C(=O)N(CCC)CC(C)CC)C=C(N)N1/N=C(\C)c1ccccn1. The van der Waals surface area contributed by atoms with Crippen molar-refractivity contribution in [3.8, 4) is 0 Å². The van der Waals surface area contributed by atoms with Crippen LogP contribution in [0.5, 0.6) is 0 Å². The van der Waals surface area contributed by atoms with E-state index in [0.717, 1.165) is 31.6 Å². The van der Waals surface area contributed by atoms with Gasteiger partial charge < -0.3 is 10.6 Å². The average molecular weight is 382 g/mol. The lowest BCUT2D eigenvalue weighted by Gasteiger charge is -2.29. The van der Waals surface area contributed by atoms with Crippen LogP contribution >= 0.6 is 0 Å². The molecule has 0 saturated carbocycles. The Bertz CT molecular complexity index is 794. The minimum atomic E-state index is -0.0173. The molecule has 1 aliphatic rings. The smallest absolute Gasteiger partial charge is 0.254 e. The number of hydrogen-bond acceptors (Lipinski definition) is 5. The number of hydrazone groups is 1. The van der Waals surface area contributed by atoms with Crippen molar-refractivity contribution in [3.63, 3.8) is 0 Å². The van der Waals surface area contributed by atoms with Crippen LogP contribution in [0.4, 0.5) is 0 Å². The second-order valence-corrected chi connectivity index (χ2v) is 7.14. The van der Waals surface area contributed by atoms with Gasteiger partial charge in [-0.05, 0) is 43.5 Å². The fourth-order valence-electron chi connectivity index (χ4n) is 2.93. The molecule has 0 saturated heterocycles. The van der Waals surface area contributed by atoms with Crippen molar-refractivity contribution in [1.29, 1.82) is 0 Å². The molecule has 1 aromatic heterocycles. The second-order valence-electron chi connectivity index (χ2n) is 7.14. The van der Waals surface area contributed by atoms with Crippen molar-refractivity contribution in [2.45, 2.75) is 40.5 Å². The number of carbonyl (C=O) groups is 1. The summed E-state index contributed by atoms with van der Waals surface area (Å²) in [4.78, 5) is 19.2. The van der Waals surface area contributed by atoms with E-state index in [9.17, 15) is 4.79 Å². The highest BCUT2D eigenvalue weighted by molar-refractivity contribution is 5.98. The standard InChI is InChI=1S/C22H31N5O/c1-6-12-26(15-16(3)7-2)22(28)19-13-17(4)27(21(23)14-19)25-18(5)20-10-8-9-11-24-20/h8-11,13-14,16H,4,6-7,12,15,23H2,1-3,5H3/b25-18+. The Balaban J connectivity index is 2.21.